The van der Waals surface area contributed by atoms with Gasteiger partial charge in [0.1, 0.15) is 23.5 Å². The van der Waals surface area contributed by atoms with E-state index in [1.54, 1.807) is 50.5 Å². The van der Waals surface area contributed by atoms with Crippen LogP contribution in [0.25, 0.3) is 0 Å². The van der Waals surface area contributed by atoms with Gasteiger partial charge in [-0.1, -0.05) is 58.4 Å². The van der Waals surface area contributed by atoms with Crippen LogP contribution in [0.15, 0.2) is 79.9 Å². The lowest BCUT2D eigenvalue weighted by molar-refractivity contribution is -0.162. The molecule has 8 atom stereocenters. The smallest absolute Gasteiger partial charge is 0.313 e. The van der Waals surface area contributed by atoms with Crippen LogP contribution in [0.4, 0.5) is 5.69 Å². The van der Waals surface area contributed by atoms with Gasteiger partial charge in [0.05, 0.1) is 37.7 Å². The number of benzene rings is 2. The molecule has 3 amide bonds. The summed E-state index contributed by atoms with van der Waals surface area (Å²) in [6.45, 7) is 8.88. The van der Waals surface area contributed by atoms with E-state index in [2.05, 4.69) is 34.4 Å². The second-order valence-corrected chi connectivity index (χ2v) is 13.5. The number of esters is 1. The zero-order valence-corrected chi connectivity index (χ0v) is 28.7. The second-order valence-electron chi connectivity index (χ2n) is 12.3. The molecule has 3 aliphatic heterocycles. The zero-order chi connectivity index (χ0) is 34.6. The number of alkyl halides is 1. The first-order chi connectivity index (χ1) is 23.1. The molecular weight excluding hydrogens is 682 g/mol. The van der Waals surface area contributed by atoms with Crippen LogP contribution in [-0.4, -0.2) is 89.1 Å². The topological polar surface area (TPSA) is 135 Å². The van der Waals surface area contributed by atoms with Gasteiger partial charge in [-0.3, -0.25) is 19.2 Å². The van der Waals surface area contributed by atoms with E-state index in [1.165, 1.54) is 9.80 Å². The van der Waals surface area contributed by atoms with Gasteiger partial charge in [-0.25, -0.2) is 0 Å². The number of amides is 3. The van der Waals surface area contributed by atoms with E-state index in [0.29, 0.717) is 29.8 Å². The molecule has 2 aromatic carbocycles. The van der Waals surface area contributed by atoms with Crippen molar-refractivity contribution in [1.82, 2.24) is 10.2 Å². The number of hydrogen-bond donors (Lipinski definition) is 2. The fourth-order valence-corrected chi connectivity index (χ4v) is 8.27. The molecule has 2 N–H and O–H groups in total. The Bertz CT molecular complexity index is 1520. The fraction of sp³-hybridized carbons (Fsp3) is 0.444. The summed E-state index contributed by atoms with van der Waals surface area (Å²) in [5, 5.41) is 12.9. The largest absolute Gasteiger partial charge is 0.497 e. The molecule has 0 aliphatic carbocycles. The number of β-amino-alcohol motifs (C(OH)–C–C–N with tert-alkyl or cyclic N) is 1. The number of carbonyl (C=O) groups excluding carboxylic acids is 4. The second kappa shape index (κ2) is 15.0. The summed E-state index contributed by atoms with van der Waals surface area (Å²) >= 11 is 3.68. The average Bonchev–Trinajstić information content (AvgIpc) is 3.68. The van der Waals surface area contributed by atoms with Gasteiger partial charge in [0.15, 0.2) is 0 Å². The molecule has 11 nitrogen and oxygen atoms in total. The Morgan fingerprint density at radius 1 is 1.17 bits per heavy atom. The number of aliphatic hydroxyl groups is 1. The van der Waals surface area contributed by atoms with Gasteiger partial charge >= 0.3 is 5.97 Å². The van der Waals surface area contributed by atoms with Crippen LogP contribution >= 0.6 is 15.9 Å². The number of ether oxygens (including phenoxy) is 3. The van der Waals surface area contributed by atoms with Crippen molar-refractivity contribution in [3.8, 4) is 5.75 Å². The number of allylic oxidation sites excluding steroid dienone is 1. The Labute approximate surface area is 289 Å². The number of anilines is 1. The maximum Gasteiger partial charge on any atom is 0.313 e. The molecule has 48 heavy (non-hydrogen) atoms. The lowest BCUT2D eigenvalue weighted by Gasteiger charge is -2.37. The summed E-state index contributed by atoms with van der Waals surface area (Å²) in [7, 11) is 1.55. The maximum absolute atomic E-state index is 14.6. The predicted molar refractivity (Wildman–Crippen MR) is 182 cm³/mol. The first-order valence-electron chi connectivity index (χ1n) is 16.1. The third kappa shape index (κ3) is 6.53. The van der Waals surface area contributed by atoms with E-state index in [9.17, 15) is 24.3 Å². The number of carbonyl (C=O) groups is 4. The predicted octanol–water partition coefficient (Wildman–Crippen LogP) is 3.71. The zero-order valence-electron chi connectivity index (χ0n) is 27.1. The van der Waals surface area contributed by atoms with Gasteiger partial charge in [0.25, 0.3) is 5.91 Å². The first-order valence-corrected chi connectivity index (χ1v) is 17.0. The highest BCUT2D eigenvalue weighted by atomic mass is 79.9. The van der Waals surface area contributed by atoms with E-state index in [0.717, 1.165) is 0 Å². The third-order valence-electron chi connectivity index (χ3n) is 9.39. The van der Waals surface area contributed by atoms with Crippen LogP contribution in [-0.2, 0) is 28.7 Å². The molecule has 1 unspecified atom stereocenters. The summed E-state index contributed by atoms with van der Waals surface area (Å²) in [5.74, 6) is -3.21. The number of nitrogens with one attached hydrogen (secondary N) is 1. The highest BCUT2D eigenvalue weighted by Crippen LogP contribution is 2.60. The lowest BCUT2D eigenvalue weighted by atomic mass is 9.70. The normalized spacial score (nSPS) is 26.7. The minimum absolute atomic E-state index is 0.124. The van der Waals surface area contributed by atoms with Crippen molar-refractivity contribution < 1.29 is 38.5 Å². The summed E-state index contributed by atoms with van der Waals surface area (Å²) in [6, 6.07) is 14.3. The molecule has 3 saturated heterocycles. The molecule has 2 aromatic rings. The monoisotopic (exact) mass is 723 g/mol. The summed E-state index contributed by atoms with van der Waals surface area (Å²) in [5.41, 5.74) is -0.126. The van der Waals surface area contributed by atoms with Crippen LogP contribution in [0.1, 0.15) is 37.9 Å². The van der Waals surface area contributed by atoms with Gasteiger partial charge in [-0.2, -0.15) is 0 Å². The molecule has 3 heterocycles. The summed E-state index contributed by atoms with van der Waals surface area (Å²) in [6.07, 6.45) is 2.66. The van der Waals surface area contributed by atoms with Crippen LogP contribution in [0.5, 0.6) is 5.75 Å². The van der Waals surface area contributed by atoms with Crippen molar-refractivity contribution in [3.05, 3.63) is 85.5 Å². The molecule has 0 saturated carbocycles. The minimum Gasteiger partial charge on any atom is -0.497 e. The molecule has 256 valence electrons. The van der Waals surface area contributed by atoms with Crippen molar-refractivity contribution in [3.63, 3.8) is 0 Å². The molecule has 1 spiro atoms. The number of likely N-dealkylation sites (tertiary alicyclic amines) is 1. The summed E-state index contributed by atoms with van der Waals surface area (Å²) in [4.78, 5) is 58.2. The molecule has 12 heteroatoms. The third-order valence-corrected chi connectivity index (χ3v) is 10.2. The number of fused-ring (bicyclic) bond motifs is 1. The van der Waals surface area contributed by atoms with Crippen molar-refractivity contribution in [2.75, 3.05) is 31.7 Å². The standard InChI is InChI=1S/C36H42BrN3O8/c1-5-7-13-27(42)38-22(3)30(23-11-9-8-10-12-23)47-35(45)28-29-33(43)40(19-20-41)32(36(29)21-26(37)31(28)48-36)34(44)39(18-6-2)24-14-16-25(46-4)17-15-24/h5-6,8-12,14-17,22,26,28-32,41H,1-2,7,13,18-21H2,3-4H3,(H,38,42)/t22-,26?,28+,29-,30-,31+,32+,36-/m0/s1. The van der Waals surface area contributed by atoms with E-state index in [4.69, 9.17) is 14.2 Å². The molecule has 0 radical (unpaired) electrons. The van der Waals surface area contributed by atoms with E-state index in [-0.39, 0.29) is 30.2 Å². The van der Waals surface area contributed by atoms with Gasteiger partial charge in [-0.05, 0) is 49.6 Å². The van der Waals surface area contributed by atoms with Crippen molar-refractivity contribution >= 4 is 45.3 Å². The van der Waals surface area contributed by atoms with Crippen LogP contribution in [0.3, 0.4) is 0 Å². The Balaban J connectivity index is 1.48. The lowest BCUT2D eigenvalue weighted by Crippen LogP contribution is -2.57. The number of hydrogen-bond acceptors (Lipinski definition) is 8. The molecular formula is C36H42BrN3O8. The first kappa shape index (κ1) is 35.3. The molecule has 0 aromatic heterocycles. The number of halogens is 1. The van der Waals surface area contributed by atoms with Gasteiger partial charge < -0.3 is 34.4 Å². The molecule has 3 aliphatic rings. The number of methoxy groups -OCH3 is 1. The van der Waals surface area contributed by atoms with Crippen LogP contribution < -0.4 is 15.0 Å². The van der Waals surface area contributed by atoms with Crippen molar-refractivity contribution in [1.29, 1.82) is 0 Å². The Hall–Kier alpha value is -4.00. The fourth-order valence-electron chi connectivity index (χ4n) is 7.33. The van der Waals surface area contributed by atoms with Crippen molar-refractivity contribution in [2.24, 2.45) is 11.8 Å². The summed E-state index contributed by atoms with van der Waals surface area (Å²) < 4.78 is 18.1. The Kier molecular flexibility index (Phi) is 11.1. The molecule has 5 rings (SSSR count). The van der Waals surface area contributed by atoms with Gasteiger partial charge in [0, 0.05) is 30.0 Å². The molecule has 3 fully saturated rings. The van der Waals surface area contributed by atoms with Gasteiger partial charge in [-0.15, -0.1) is 13.2 Å². The van der Waals surface area contributed by atoms with E-state index < -0.39 is 66.1 Å². The highest BCUT2D eigenvalue weighted by Gasteiger charge is 2.77. The molecule has 2 bridgehead atoms. The van der Waals surface area contributed by atoms with E-state index >= 15 is 0 Å². The van der Waals surface area contributed by atoms with Crippen LogP contribution in [0, 0.1) is 11.8 Å². The SMILES string of the molecule is C=CCCC(=O)N[C@@H](C)[C@H](OC(=O)[C@H]1[C@@H]2O[C@@]3(CC2Br)[C@@H]1C(=O)N(CCO)[C@@H]3C(=O)N(CC=C)c1ccc(OC)cc1)c1ccccc1. The van der Waals surface area contributed by atoms with Gasteiger partial charge in [0.2, 0.25) is 11.8 Å². The Morgan fingerprint density at radius 3 is 2.50 bits per heavy atom. The van der Waals surface area contributed by atoms with Crippen molar-refractivity contribution in [2.45, 2.75) is 60.9 Å². The Morgan fingerprint density at radius 2 is 1.88 bits per heavy atom. The van der Waals surface area contributed by atoms with Crippen LogP contribution in [0.2, 0.25) is 0 Å². The minimum atomic E-state index is -1.36. The number of nitrogens with zero attached hydrogens (tertiary/aromatic N) is 2. The number of aliphatic hydroxyl groups excluding tert-OH is 1. The average molecular weight is 725 g/mol. The highest BCUT2D eigenvalue weighted by molar-refractivity contribution is 9.09. The number of rotatable bonds is 15. The quantitative estimate of drug-likeness (QED) is 0.161. The van der Waals surface area contributed by atoms with E-state index in [1.807, 2.05) is 30.3 Å². The maximum atomic E-state index is 14.6.